The Balaban J connectivity index is 3.54. The number of nitrogens with one attached hydrogen (secondary N) is 2. The second-order valence-electron chi connectivity index (χ2n) is 2.52. The summed E-state index contributed by atoms with van der Waals surface area (Å²) in [7, 11) is 0. The molecule has 2 N–H and O–H groups in total. The van der Waals surface area contributed by atoms with Crippen molar-refractivity contribution in [2.24, 2.45) is 0 Å². The standard InChI is InChI=1S/C8H18N2O/c1-4-7(5-2)10-8(11)9-6-3/h7H,4-6H2,1-3H3,(H2,9,10,11). The highest BCUT2D eigenvalue weighted by molar-refractivity contribution is 5.74. The maximum atomic E-state index is 10.9. The molecule has 0 aromatic heterocycles. The molecule has 11 heavy (non-hydrogen) atoms. The minimum Gasteiger partial charge on any atom is -0.338 e. The Kier molecular flexibility index (Phi) is 5.61. The van der Waals surface area contributed by atoms with Crippen molar-refractivity contribution >= 4 is 6.03 Å². The molecule has 0 heterocycles. The molecular formula is C8H18N2O. The molecule has 3 nitrogen and oxygen atoms in total. The van der Waals surface area contributed by atoms with E-state index in [1.807, 2.05) is 6.92 Å². The quantitative estimate of drug-likeness (QED) is 0.639. The van der Waals surface area contributed by atoms with E-state index in [-0.39, 0.29) is 6.03 Å². The van der Waals surface area contributed by atoms with E-state index in [9.17, 15) is 4.79 Å². The summed E-state index contributed by atoms with van der Waals surface area (Å²) in [6.45, 7) is 6.74. The topological polar surface area (TPSA) is 41.1 Å². The molecule has 0 aliphatic rings. The van der Waals surface area contributed by atoms with Crippen molar-refractivity contribution in [1.82, 2.24) is 10.6 Å². The zero-order valence-electron chi connectivity index (χ0n) is 7.61. The summed E-state index contributed by atoms with van der Waals surface area (Å²) >= 11 is 0. The lowest BCUT2D eigenvalue weighted by Crippen LogP contribution is -2.41. The van der Waals surface area contributed by atoms with Crippen LogP contribution in [0.2, 0.25) is 0 Å². The first kappa shape index (κ1) is 10.3. The van der Waals surface area contributed by atoms with Crippen LogP contribution in [0.15, 0.2) is 0 Å². The SMILES string of the molecule is CCNC(=O)NC(CC)CC. The van der Waals surface area contributed by atoms with Gasteiger partial charge in [0, 0.05) is 12.6 Å². The van der Waals surface area contributed by atoms with Crippen LogP contribution in [0.1, 0.15) is 33.6 Å². The highest BCUT2D eigenvalue weighted by Gasteiger charge is 2.05. The van der Waals surface area contributed by atoms with Crippen molar-refractivity contribution in [3.8, 4) is 0 Å². The molecule has 0 spiro atoms. The van der Waals surface area contributed by atoms with Crippen LogP contribution in [-0.4, -0.2) is 18.6 Å². The van der Waals surface area contributed by atoms with Gasteiger partial charge in [-0.25, -0.2) is 4.79 Å². The smallest absolute Gasteiger partial charge is 0.314 e. The Bertz CT molecular complexity index is 111. The molecule has 0 saturated carbocycles. The van der Waals surface area contributed by atoms with Gasteiger partial charge in [0.25, 0.3) is 0 Å². The van der Waals surface area contributed by atoms with Crippen molar-refractivity contribution < 1.29 is 4.79 Å². The molecule has 0 saturated heterocycles. The molecule has 3 heteroatoms. The van der Waals surface area contributed by atoms with Gasteiger partial charge in [0.1, 0.15) is 0 Å². The number of rotatable bonds is 4. The van der Waals surface area contributed by atoms with E-state index < -0.39 is 0 Å². The van der Waals surface area contributed by atoms with Crippen LogP contribution in [0.4, 0.5) is 4.79 Å². The largest absolute Gasteiger partial charge is 0.338 e. The Morgan fingerprint density at radius 3 is 2.18 bits per heavy atom. The lowest BCUT2D eigenvalue weighted by atomic mass is 10.2. The van der Waals surface area contributed by atoms with Crippen molar-refractivity contribution in [1.29, 1.82) is 0 Å². The average Bonchev–Trinajstić information content (AvgIpc) is 2.01. The fourth-order valence-corrected chi connectivity index (χ4v) is 0.890. The van der Waals surface area contributed by atoms with Gasteiger partial charge in [-0.1, -0.05) is 13.8 Å². The summed E-state index contributed by atoms with van der Waals surface area (Å²) in [5, 5.41) is 5.56. The van der Waals surface area contributed by atoms with Crippen LogP contribution < -0.4 is 10.6 Å². The summed E-state index contributed by atoms with van der Waals surface area (Å²) in [5.41, 5.74) is 0. The van der Waals surface area contributed by atoms with Crippen LogP contribution in [0.5, 0.6) is 0 Å². The summed E-state index contributed by atoms with van der Waals surface area (Å²) in [6, 6.07) is 0.266. The highest BCUT2D eigenvalue weighted by atomic mass is 16.2. The van der Waals surface area contributed by atoms with Crippen molar-refractivity contribution in [3.63, 3.8) is 0 Å². The van der Waals surface area contributed by atoms with Crippen LogP contribution >= 0.6 is 0 Å². The molecule has 0 aliphatic carbocycles. The Morgan fingerprint density at radius 1 is 1.27 bits per heavy atom. The second-order valence-corrected chi connectivity index (χ2v) is 2.52. The van der Waals surface area contributed by atoms with E-state index in [0.717, 1.165) is 12.8 Å². The molecule has 0 aromatic carbocycles. The number of hydrogen-bond acceptors (Lipinski definition) is 1. The molecule has 66 valence electrons. The van der Waals surface area contributed by atoms with Gasteiger partial charge in [0.15, 0.2) is 0 Å². The van der Waals surface area contributed by atoms with Crippen molar-refractivity contribution in [2.45, 2.75) is 39.7 Å². The number of carbonyl (C=O) groups is 1. The minimum atomic E-state index is -0.0544. The van der Waals surface area contributed by atoms with Gasteiger partial charge in [-0.05, 0) is 19.8 Å². The molecule has 0 bridgehead atoms. The van der Waals surface area contributed by atoms with Gasteiger partial charge in [-0.2, -0.15) is 0 Å². The maximum Gasteiger partial charge on any atom is 0.314 e. The molecule has 0 unspecified atom stereocenters. The molecule has 0 aromatic rings. The first-order valence-electron chi connectivity index (χ1n) is 4.28. The first-order chi connectivity index (χ1) is 5.24. The maximum absolute atomic E-state index is 10.9. The Hall–Kier alpha value is -0.730. The number of carbonyl (C=O) groups excluding carboxylic acids is 1. The zero-order chi connectivity index (χ0) is 8.69. The molecule has 0 atom stereocenters. The van der Waals surface area contributed by atoms with Crippen LogP contribution in [-0.2, 0) is 0 Å². The Morgan fingerprint density at radius 2 is 1.82 bits per heavy atom. The minimum absolute atomic E-state index is 0.0544. The third kappa shape index (κ3) is 4.65. The lowest BCUT2D eigenvalue weighted by molar-refractivity contribution is 0.236. The molecule has 2 amide bonds. The van der Waals surface area contributed by atoms with E-state index in [0.29, 0.717) is 12.6 Å². The van der Waals surface area contributed by atoms with Gasteiger partial charge < -0.3 is 10.6 Å². The van der Waals surface area contributed by atoms with E-state index >= 15 is 0 Å². The van der Waals surface area contributed by atoms with Gasteiger partial charge >= 0.3 is 6.03 Å². The number of urea groups is 1. The fraction of sp³-hybridized carbons (Fsp3) is 0.875. The fourth-order valence-electron chi connectivity index (χ4n) is 0.890. The van der Waals surface area contributed by atoms with E-state index in [2.05, 4.69) is 24.5 Å². The summed E-state index contributed by atoms with van der Waals surface area (Å²) in [6.07, 6.45) is 1.99. The van der Waals surface area contributed by atoms with E-state index in [1.165, 1.54) is 0 Å². The summed E-state index contributed by atoms with van der Waals surface area (Å²) < 4.78 is 0. The molecular weight excluding hydrogens is 140 g/mol. The molecule has 0 radical (unpaired) electrons. The van der Waals surface area contributed by atoms with Crippen LogP contribution in [0.25, 0.3) is 0 Å². The second kappa shape index (κ2) is 6.01. The zero-order valence-corrected chi connectivity index (χ0v) is 7.61. The molecule has 0 fully saturated rings. The number of hydrogen-bond donors (Lipinski definition) is 2. The van der Waals surface area contributed by atoms with Gasteiger partial charge in [0.05, 0.1) is 0 Å². The highest BCUT2D eigenvalue weighted by Crippen LogP contribution is 1.94. The third-order valence-electron chi connectivity index (χ3n) is 1.66. The van der Waals surface area contributed by atoms with Gasteiger partial charge in [-0.3, -0.25) is 0 Å². The monoisotopic (exact) mass is 158 g/mol. The average molecular weight is 158 g/mol. The van der Waals surface area contributed by atoms with Crippen molar-refractivity contribution in [2.75, 3.05) is 6.54 Å². The van der Waals surface area contributed by atoms with Gasteiger partial charge in [0.2, 0.25) is 0 Å². The van der Waals surface area contributed by atoms with Gasteiger partial charge in [-0.15, -0.1) is 0 Å². The predicted octanol–water partition coefficient (Wildman–Crippen LogP) is 1.49. The van der Waals surface area contributed by atoms with Crippen LogP contribution in [0.3, 0.4) is 0 Å². The number of amides is 2. The third-order valence-corrected chi connectivity index (χ3v) is 1.66. The first-order valence-corrected chi connectivity index (χ1v) is 4.28. The Labute approximate surface area is 68.6 Å². The summed E-state index contributed by atoms with van der Waals surface area (Å²) in [4.78, 5) is 10.9. The summed E-state index contributed by atoms with van der Waals surface area (Å²) in [5.74, 6) is 0. The van der Waals surface area contributed by atoms with Crippen molar-refractivity contribution in [3.05, 3.63) is 0 Å². The molecule has 0 aliphatic heterocycles. The predicted molar refractivity (Wildman–Crippen MR) is 46.6 cm³/mol. The lowest BCUT2D eigenvalue weighted by Gasteiger charge is -2.14. The molecule has 0 rings (SSSR count). The van der Waals surface area contributed by atoms with E-state index in [1.54, 1.807) is 0 Å². The normalized spacial score (nSPS) is 9.82. The van der Waals surface area contributed by atoms with Crippen LogP contribution in [0, 0.1) is 0 Å². The van der Waals surface area contributed by atoms with E-state index in [4.69, 9.17) is 0 Å².